The predicted octanol–water partition coefficient (Wildman–Crippen LogP) is 0.892. The van der Waals surface area contributed by atoms with Gasteiger partial charge >= 0.3 is 18.3 Å². The molecule has 32 heavy (non-hydrogen) atoms. The highest BCUT2D eigenvalue weighted by atomic mass is 16.6. The van der Waals surface area contributed by atoms with Crippen LogP contribution in [0.5, 0.6) is 0 Å². The number of methoxy groups -OCH3 is 2. The molecule has 12 heteroatoms. The molecule has 0 aromatic rings. The van der Waals surface area contributed by atoms with Crippen LogP contribution in [0.2, 0.25) is 0 Å². The topological polar surface area (TPSA) is 156 Å². The molecule has 0 heterocycles. The molecular formula is C20H38N4O8. The van der Waals surface area contributed by atoms with Gasteiger partial charge in [0.05, 0.1) is 13.7 Å². The minimum atomic E-state index is -1.11. The summed E-state index contributed by atoms with van der Waals surface area (Å²) in [7, 11) is 2.60. The second-order valence-electron chi connectivity index (χ2n) is 8.99. The zero-order chi connectivity index (χ0) is 24.2. The molecule has 0 radical (unpaired) electrons. The highest BCUT2D eigenvalue weighted by molar-refractivity contribution is 5.68. The zero-order valence-corrected chi connectivity index (χ0v) is 19.6. The van der Waals surface area contributed by atoms with Crippen LogP contribution in [0.15, 0.2) is 0 Å². The Kier molecular flexibility index (Phi) is 11.5. The third kappa shape index (κ3) is 11.3. The summed E-state index contributed by atoms with van der Waals surface area (Å²) < 4.78 is 19.3. The Balaban J connectivity index is 2.43. The van der Waals surface area contributed by atoms with Crippen LogP contribution in [-0.4, -0.2) is 82.9 Å². The third-order valence-corrected chi connectivity index (χ3v) is 5.09. The van der Waals surface area contributed by atoms with Gasteiger partial charge in [-0.15, -0.1) is 0 Å². The van der Waals surface area contributed by atoms with Crippen LogP contribution in [0, 0.1) is 10.8 Å². The normalized spacial score (nSPS) is 22.9. The molecule has 3 unspecified atom stereocenters. The number of alkyl carbamates (subject to hydrolysis) is 3. The van der Waals surface area contributed by atoms with Gasteiger partial charge in [0.2, 0.25) is 6.41 Å². The second-order valence-corrected chi connectivity index (χ2v) is 8.99. The number of carbonyl (C=O) groups is 3. The third-order valence-electron chi connectivity index (χ3n) is 5.09. The van der Waals surface area contributed by atoms with Crippen molar-refractivity contribution in [3.05, 3.63) is 0 Å². The minimum Gasteiger partial charge on any atom is -0.453 e. The molecule has 3 atom stereocenters. The molecule has 1 aliphatic carbocycles. The lowest BCUT2D eigenvalue weighted by Crippen LogP contribution is -2.50. The van der Waals surface area contributed by atoms with E-state index in [9.17, 15) is 19.5 Å². The maximum absolute atomic E-state index is 12.1. The van der Waals surface area contributed by atoms with Crippen molar-refractivity contribution >= 4 is 18.3 Å². The van der Waals surface area contributed by atoms with E-state index in [-0.39, 0.29) is 43.2 Å². The van der Waals surface area contributed by atoms with Crippen molar-refractivity contribution in [3.63, 3.8) is 0 Å². The van der Waals surface area contributed by atoms with Crippen LogP contribution in [0.4, 0.5) is 14.4 Å². The van der Waals surface area contributed by atoms with Crippen LogP contribution >= 0.6 is 0 Å². The van der Waals surface area contributed by atoms with Gasteiger partial charge in [-0.1, -0.05) is 20.8 Å². The molecular weight excluding hydrogens is 424 g/mol. The molecule has 0 spiro atoms. The first kappa shape index (κ1) is 27.7. The summed E-state index contributed by atoms with van der Waals surface area (Å²) in [6, 6.07) is -0.115. The van der Waals surface area contributed by atoms with Gasteiger partial charge in [-0.3, -0.25) is 5.32 Å². The molecule has 3 amide bonds. The first-order valence-corrected chi connectivity index (χ1v) is 10.6. The van der Waals surface area contributed by atoms with Crippen LogP contribution in [-0.2, 0) is 18.9 Å². The fourth-order valence-corrected chi connectivity index (χ4v) is 4.19. The van der Waals surface area contributed by atoms with Crippen molar-refractivity contribution in [1.29, 1.82) is 0 Å². The quantitative estimate of drug-likeness (QED) is 0.171. The molecule has 186 valence electrons. The number of amides is 3. The molecule has 12 nitrogen and oxygen atoms in total. The van der Waals surface area contributed by atoms with Crippen LogP contribution in [0.25, 0.3) is 0 Å². The lowest BCUT2D eigenvalue weighted by Gasteiger charge is -2.46. The van der Waals surface area contributed by atoms with Gasteiger partial charge in [-0.2, -0.15) is 0 Å². The van der Waals surface area contributed by atoms with Gasteiger partial charge in [0.15, 0.2) is 0 Å². The number of ether oxygens (including phenoxy) is 4. The summed E-state index contributed by atoms with van der Waals surface area (Å²) in [6.07, 6.45) is -0.504. The van der Waals surface area contributed by atoms with E-state index in [1.807, 2.05) is 0 Å². The van der Waals surface area contributed by atoms with Gasteiger partial charge in [-0.05, 0) is 30.1 Å². The average molecular weight is 463 g/mol. The highest BCUT2D eigenvalue weighted by Crippen LogP contribution is 2.45. The lowest BCUT2D eigenvalue weighted by molar-refractivity contribution is -0.0979. The molecule has 0 aromatic carbocycles. The Morgan fingerprint density at radius 3 is 2.28 bits per heavy atom. The van der Waals surface area contributed by atoms with Crippen molar-refractivity contribution in [1.82, 2.24) is 21.3 Å². The van der Waals surface area contributed by atoms with Gasteiger partial charge in [0, 0.05) is 26.2 Å². The Morgan fingerprint density at radius 1 is 0.969 bits per heavy atom. The zero-order valence-electron chi connectivity index (χ0n) is 19.6. The standard InChI is InChI=1S/C20H38N4O8/c1-19(2)10-14(24-18(28)32-9-7-22-16(26)30-5)11-20(3,12-19)13-23-17(27)31-8-6-21-15(25)29-4/h14,16,22,26H,6-13H2,1-5H3,(H,21,25)(H,23,27)(H,24,28). The van der Waals surface area contributed by atoms with Crippen molar-refractivity contribution in [2.24, 2.45) is 10.8 Å². The molecule has 0 bridgehead atoms. The molecule has 1 aliphatic rings. The first-order valence-electron chi connectivity index (χ1n) is 10.6. The summed E-state index contributed by atoms with van der Waals surface area (Å²) in [5, 5.41) is 19.9. The van der Waals surface area contributed by atoms with E-state index < -0.39 is 24.7 Å². The Labute approximate surface area is 189 Å². The summed E-state index contributed by atoms with van der Waals surface area (Å²) in [6.45, 7) is 7.19. The van der Waals surface area contributed by atoms with E-state index in [0.717, 1.165) is 12.8 Å². The number of hydrogen-bond donors (Lipinski definition) is 5. The van der Waals surface area contributed by atoms with Crippen molar-refractivity contribution in [2.75, 3.05) is 47.1 Å². The molecule has 1 saturated carbocycles. The summed E-state index contributed by atoms with van der Waals surface area (Å²) in [5.41, 5.74) is -0.307. The van der Waals surface area contributed by atoms with Crippen LogP contribution in [0.3, 0.4) is 0 Å². The van der Waals surface area contributed by atoms with Crippen molar-refractivity contribution in [3.8, 4) is 0 Å². The SMILES string of the molecule is COC(=O)NCCOC(=O)NCC1(C)CC(NC(=O)OCCNC(O)OC)CC(C)(C)C1. The average Bonchev–Trinajstić information content (AvgIpc) is 2.71. The van der Waals surface area contributed by atoms with E-state index in [0.29, 0.717) is 13.0 Å². The maximum Gasteiger partial charge on any atom is 0.407 e. The molecule has 0 aromatic heterocycles. The molecule has 5 N–H and O–H groups in total. The smallest absolute Gasteiger partial charge is 0.407 e. The predicted molar refractivity (Wildman–Crippen MR) is 115 cm³/mol. The highest BCUT2D eigenvalue weighted by Gasteiger charge is 2.42. The maximum atomic E-state index is 12.1. The Hall–Kier alpha value is -2.31. The lowest BCUT2D eigenvalue weighted by atomic mass is 9.62. The number of aliphatic hydroxyl groups excluding tert-OH is 1. The first-order chi connectivity index (χ1) is 15.0. The van der Waals surface area contributed by atoms with E-state index >= 15 is 0 Å². The van der Waals surface area contributed by atoms with E-state index in [1.165, 1.54) is 14.2 Å². The van der Waals surface area contributed by atoms with E-state index in [1.54, 1.807) is 0 Å². The number of rotatable bonds is 11. The molecule has 0 aliphatic heterocycles. The molecule has 1 rings (SSSR count). The fraction of sp³-hybridized carbons (Fsp3) is 0.850. The van der Waals surface area contributed by atoms with E-state index in [4.69, 9.17) is 9.47 Å². The van der Waals surface area contributed by atoms with Gasteiger partial charge in [-0.25, -0.2) is 14.4 Å². The number of nitrogens with one attached hydrogen (secondary N) is 4. The van der Waals surface area contributed by atoms with Crippen LogP contribution < -0.4 is 21.3 Å². The molecule has 0 saturated heterocycles. The Bertz CT molecular complexity index is 618. The second kappa shape index (κ2) is 13.3. The Morgan fingerprint density at radius 2 is 1.62 bits per heavy atom. The monoisotopic (exact) mass is 462 g/mol. The largest absolute Gasteiger partial charge is 0.453 e. The van der Waals surface area contributed by atoms with Crippen LogP contribution in [0.1, 0.15) is 40.0 Å². The van der Waals surface area contributed by atoms with E-state index in [2.05, 4.69) is 51.5 Å². The van der Waals surface area contributed by atoms with Crippen molar-refractivity contribution in [2.45, 2.75) is 52.5 Å². The summed E-state index contributed by atoms with van der Waals surface area (Å²) in [4.78, 5) is 35.1. The van der Waals surface area contributed by atoms with Gasteiger partial charge in [0.25, 0.3) is 0 Å². The number of carbonyl (C=O) groups excluding carboxylic acids is 3. The number of aliphatic hydroxyl groups is 1. The summed E-state index contributed by atoms with van der Waals surface area (Å²) in [5.74, 6) is 0. The summed E-state index contributed by atoms with van der Waals surface area (Å²) >= 11 is 0. The molecule has 1 fully saturated rings. The fourth-order valence-electron chi connectivity index (χ4n) is 4.19. The minimum absolute atomic E-state index is 0.0232. The van der Waals surface area contributed by atoms with Gasteiger partial charge < -0.3 is 40.0 Å². The van der Waals surface area contributed by atoms with Gasteiger partial charge in [0.1, 0.15) is 13.2 Å². The van der Waals surface area contributed by atoms with Crippen molar-refractivity contribution < 1.29 is 38.4 Å². The number of hydrogen-bond acceptors (Lipinski definition) is 9.